The minimum absolute atomic E-state index is 0.0258. The molecule has 23 heavy (non-hydrogen) atoms. The smallest absolute Gasteiger partial charge is 0.327 e. The number of aliphatic hydroxyl groups excluding tert-OH is 5. The Kier molecular flexibility index (Phi) is 6.74. The predicted octanol–water partition coefficient (Wildman–Crippen LogP) is -4.44. The quantitative estimate of drug-likeness (QED) is 0.248. The molecule has 2 heterocycles. The molecule has 12 heteroatoms. The summed E-state index contributed by atoms with van der Waals surface area (Å²) in [6.45, 7) is -0.760. The highest BCUT2D eigenvalue weighted by Gasteiger charge is 2.29. The molecule has 2 aromatic heterocycles. The van der Waals surface area contributed by atoms with Crippen LogP contribution in [0.5, 0.6) is 0 Å². The molecule has 0 aliphatic carbocycles. The van der Waals surface area contributed by atoms with Gasteiger partial charge in [-0.2, -0.15) is 0 Å². The lowest BCUT2D eigenvalue weighted by Crippen LogP contribution is -2.46. The monoisotopic (exact) mass is 332 g/mol. The largest absolute Gasteiger partial charge is 0.394 e. The number of aldehydes is 1. The molecule has 0 radical (unpaired) electrons. The van der Waals surface area contributed by atoms with E-state index in [4.69, 9.17) is 25.5 Å². The van der Waals surface area contributed by atoms with Gasteiger partial charge in [0.05, 0.1) is 12.9 Å². The molecule has 2 aromatic rings. The van der Waals surface area contributed by atoms with Crippen molar-refractivity contribution in [1.82, 2.24) is 19.9 Å². The van der Waals surface area contributed by atoms with Crippen LogP contribution in [0, 0.1) is 0 Å². The Morgan fingerprint density at radius 1 is 1.13 bits per heavy atom. The first-order chi connectivity index (χ1) is 10.8. The third kappa shape index (κ3) is 4.80. The number of H-pyrrole nitrogens is 3. The van der Waals surface area contributed by atoms with Gasteiger partial charge in [0.25, 0.3) is 5.56 Å². The van der Waals surface area contributed by atoms with Crippen LogP contribution in [-0.2, 0) is 4.79 Å². The maximum atomic E-state index is 10.9. The number of rotatable bonds is 5. The molecule has 0 spiro atoms. The number of carbonyl (C=O) groups excluding carboxylic acids is 1. The Bertz CT molecular complexity index is 737. The molecular formula is C11H16N4O8. The molecule has 4 atom stereocenters. The number of imidazole rings is 1. The third-order valence-corrected chi connectivity index (χ3v) is 2.75. The van der Waals surface area contributed by atoms with Crippen molar-refractivity contribution in [2.75, 3.05) is 6.61 Å². The van der Waals surface area contributed by atoms with E-state index in [1.54, 1.807) is 0 Å². The Morgan fingerprint density at radius 3 is 2.35 bits per heavy atom. The number of aromatic amines is 3. The van der Waals surface area contributed by atoms with Gasteiger partial charge < -0.3 is 35.3 Å². The lowest BCUT2D eigenvalue weighted by atomic mass is 10.0. The van der Waals surface area contributed by atoms with Crippen LogP contribution in [-0.4, -0.2) is 82.8 Å². The number of fused-ring (bicyclic) bond motifs is 1. The molecule has 0 fully saturated rings. The van der Waals surface area contributed by atoms with Crippen molar-refractivity contribution in [2.45, 2.75) is 24.4 Å². The molecule has 12 nitrogen and oxygen atoms in total. The molecule has 0 unspecified atom stereocenters. The van der Waals surface area contributed by atoms with E-state index in [1.807, 2.05) is 0 Å². The summed E-state index contributed by atoms with van der Waals surface area (Å²) < 4.78 is 0. The van der Waals surface area contributed by atoms with E-state index in [-0.39, 0.29) is 17.5 Å². The summed E-state index contributed by atoms with van der Waals surface area (Å²) in [5.41, 5.74) is -0.445. The lowest BCUT2D eigenvalue weighted by Gasteiger charge is -2.22. The maximum absolute atomic E-state index is 10.9. The van der Waals surface area contributed by atoms with Crippen molar-refractivity contribution in [3.63, 3.8) is 0 Å². The molecule has 0 aromatic carbocycles. The van der Waals surface area contributed by atoms with Gasteiger partial charge in [0.15, 0.2) is 11.9 Å². The number of hydrogen-bond acceptors (Lipinski definition) is 9. The van der Waals surface area contributed by atoms with Crippen LogP contribution in [0.1, 0.15) is 0 Å². The second-order valence-corrected chi connectivity index (χ2v) is 4.39. The summed E-state index contributed by atoms with van der Waals surface area (Å²) in [7, 11) is 0. The minimum atomic E-state index is -1.79. The number of hydrogen-bond donors (Lipinski definition) is 8. The number of nitrogens with zero attached hydrogens (tertiary/aromatic N) is 1. The first kappa shape index (κ1) is 18.7. The highest BCUT2D eigenvalue weighted by Crippen LogP contribution is 2.02. The van der Waals surface area contributed by atoms with Crippen molar-refractivity contribution < 1.29 is 30.3 Å². The van der Waals surface area contributed by atoms with E-state index in [0.29, 0.717) is 0 Å². The van der Waals surface area contributed by atoms with Gasteiger partial charge in [0, 0.05) is 0 Å². The van der Waals surface area contributed by atoms with Crippen molar-refractivity contribution in [1.29, 1.82) is 0 Å². The third-order valence-electron chi connectivity index (χ3n) is 2.75. The van der Waals surface area contributed by atoms with Crippen LogP contribution in [0.15, 0.2) is 15.9 Å². The second-order valence-electron chi connectivity index (χ2n) is 4.39. The molecule has 0 bridgehead atoms. The van der Waals surface area contributed by atoms with Gasteiger partial charge in [-0.15, -0.1) is 0 Å². The summed E-state index contributed by atoms with van der Waals surface area (Å²) in [5, 5.41) is 43.5. The molecule has 0 saturated carbocycles. The molecule has 128 valence electrons. The van der Waals surface area contributed by atoms with E-state index in [1.165, 1.54) is 6.33 Å². The lowest BCUT2D eigenvalue weighted by molar-refractivity contribution is -0.136. The summed E-state index contributed by atoms with van der Waals surface area (Å²) in [6.07, 6.45) is -5.50. The summed E-state index contributed by atoms with van der Waals surface area (Å²) >= 11 is 0. The molecular weight excluding hydrogens is 316 g/mol. The minimum Gasteiger partial charge on any atom is -0.394 e. The Balaban J connectivity index is 0.000000230. The van der Waals surface area contributed by atoms with Crippen LogP contribution in [0.3, 0.4) is 0 Å². The highest BCUT2D eigenvalue weighted by molar-refractivity contribution is 5.67. The first-order valence-electron chi connectivity index (χ1n) is 6.26. The zero-order chi connectivity index (χ0) is 17.6. The van der Waals surface area contributed by atoms with Gasteiger partial charge >= 0.3 is 5.69 Å². The summed E-state index contributed by atoms with van der Waals surface area (Å²) in [4.78, 5) is 42.2. The zero-order valence-corrected chi connectivity index (χ0v) is 11.6. The standard InChI is InChI=1S/C6H12O6.C5H4N4O2/c7-1-3(9)5(11)6(12)4(10)2-8;10-4-2-3(7-1-6-2)8-5(11)9-4/h1,3-6,8-12H,2H2;1H,(H3,6,7,8,9,10,11)/t3-,4+,5+,6+;/m0./s1. The zero-order valence-electron chi connectivity index (χ0n) is 11.6. The van der Waals surface area contributed by atoms with Crippen LogP contribution in [0.4, 0.5) is 0 Å². The van der Waals surface area contributed by atoms with E-state index in [9.17, 15) is 14.4 Å². The number of aliphatic hydroxyl groups is 5. The summed E-state index contributed by atoms with van der Waals surface area (Å²) in [6, 6.07) is 0. The average Bonchev–Trinajstić information content (AvgIpc) is 3.01. The SMILES string of the molecule is O=C[C@H](O)[C@@H](O)[C@H](O)[C@H](O)CO.O=c1[nH]c(=O)c2[nH]cnc2[nH]1. The van der Waals surface area contributed by atoms with E-state index in [2.05, 4.69) is 19.9 Å². The van der Waals surface area contributed by atoms with Crippen molar-refractivity contribution >= 4 is 17.5 Å². The topological polar surface area (TPSA) is 213 Å². The second kappa shape index (κ2) is 8.30. The van der Waals surface area contributed by atoms with E-state index >= 15 is 0 Å². The fourth-order valence-corrected chi connectivity index (χ4v) is 1.48. The van der Waals surface area contributed by atoms with Crippen molar-refractivity contribution in [2.24, 2.45) is 0 Å². The highest BCUT2D eigenvalue weighted by atomic mass is 16.4. The van der Waals surface area contributed by atoms with Crippen molar-refractivity contribution in [3.05, 3.63) is 27.2 Å². The van der Waals surface area contributed by atoms with Crippen molar-refractivity contribution in [3.8, 4) is 0 Å². The molecule has 0 aliphatic rings. The summed E-state index contributed by atoms with van der Waals surface area (Å²) in [5.74, 6) is 0. The number of carbonyl (C=O) groups is 1. The van der Waals surface area contributed by atoms with Gasteiger partial charge in [-0.25, -0.2) is 9.78 Å². The Hall–Kier alpha value is -2.38. The van der Waals surface area contributed by atoms with Gasteiger partial charge in [0.2, 0.25) is 0 Å². The molecule has 0 saturated heterocycles. The Labute approximate surface area is 127 Å². The predicted molar refractivity (Wildman–Crippen MR) is 74.5 cm³/mol. The molecule has 0 amide bonds. The van der Waals surface area contributed by atoms with Crippen LogP contribution in [0.2, 0.25) is 0 Å². The van der Waals surface area contributed by atoms with Crippen LogP contribution >= 0.6 is 0 Å². The Morgan fingerprint density at radius 2 is 1.78 bits per heavy atom. The van der Waals surface area contributed by atoms with E-state index < -0.39 is 42.3 Å². The number of aromatic nitrogens is 4. The average molecular weight is 332 g/mol. The fourth-order valence-electron chi connectivity index (χ4n) is 1.48. The van der Waals surface area contributed by atoms with Gasteiger partial charge in [0.1, 0.15) is 29.9 Å². The van der Waals surface area contributed by atoms with E-state index in [0.717, 1.165) is 0 Å². The van der Waals surface area contributed by atoms with Crippen LogP contribution < -0.4 is 11.2 Å². The molecule has 2 rings (SSSR count). The molecule has 8 N–H and O–H groups in total. The maximum Gasteiger partial charge on any atom is 0.327 e. The molecule has 0 aliphatic heterocycles. The fraction of sp³-hybridized carbons (Fsp3) is 0.455. The first-order valence-corrected chi connectivity index (χ1v) is 6.26. The number of nitrogens with one attached hydrogen (secondary N) is 3. The van der Waals surface area contributed by atoms with Crippen LogP contribution in [0.25, 0.3) is 11.2 Å². The van der Waals surface area contributed by atoms with Gasteiger partial charge in [-0.1, -0.05) is 0 Å². The normalized spacial score (nSPS) is 16.0. The van der Waals surface area contributed by atoms with Gasteiger partial charge in [-0.3, -0.25) is 14.8 Å². The van der Waals surface area contributed by atoms with Gasteiger partial charge in [-0.05, 0) is 0 Å².